The zero-order chi connectivity index (χ0) is 28.9. The fourth-order valence-electron chi connectivity index (χ4n) is 5.56. The minimum absolute atomic E-state index is 0.200. The Morgan fingerprint density at radius 2 is 1.61 bits per heavy atom. The molecule has 210 valence electrons. The molecule has 7 heteroatoms. The van der Waals surface area contributed by atoms with E-state index in [9.17, 15) is 14.7 Å². The summed E-state index contributed by atoms with van der Waals surface area (Å²) in [5.41, 5.74) is 14.1. The predicted octanol–water partition coefficient (Wildman–Crippen LogP) is 5.40. The SMILES string of the molecule is Cc1cc(O)cc(C)c1CC(N)C(=O)NC1CCNc2c(C(=O)Nc3ccccc3)cc(Cc3ccccc3)cc21. The molecule has 1 aliphatic rings. The lowest BCUT2D eigenvalue weighted by Gasteiger charge is -2.31. The summed E-state index contributed by atoms with van der Waals surface area (Å²) in [7, 11) is 0. The Morgan fingerprint density at radius 1 is 0.951 bits per heavy atom. The number of nitrogens with two attached hydrogens (primary N) is 1. The van der Waals surface area contributed by atoms with Crippen LogP contribution in [0.4, 0.5) is 11.4 Å². The number of carbonyl (C=O) groups is 2. The molecule has 1 heterocycles. The molecule has 0 fully saturated rings. The van der Waals surface area contributed by atoms with Gasteiger partial charge in [0.2, 0.25) is 5.91 Å². The first-order valence-corrected chi connectivity index (χ1v) is 13.9. The van der Waals surface area contributed by atoms with E-state index in [4.69, 9.17) is 5.73 Å². The van der Waals surface area contributed by atoms with E-state index in [0.717, 1.165) is 39.1 Å². The van der Waals surface area contributed by atoms with Crippen LogP contribution in [0.25, 0.3) is 0 Å². The van der Waals surface area contributed by atoms with Gasteiger partial charge in [-0.2, -0.15) is 0 Å². The molecule has 41 heavy (non-hydrogen) atoms. The number of fused-ring (bicyclic) bond motifs is 1. The van der Waals surface area contributed by atoms with E-state index in [1.165, 1.54) is 0 Å². The molecule has 4 aromatic rings. The lowest BCUT2D eigenvalue weighted by Crippen LogP contribution is -2.45. The molecule has 0 bridgehead atoms. The Bertz CT molecular complexity index is 1530. The summed E-state index contributed by atoms with van der Waals surface area (Å²) in [4.78, 5) is 26.9. The summed E-state index contributed by atoms with van der Waals surface area (Å²) in [6.07, 6.45) is 1.68. The zero-order valence-electron chi connectivity index (χ0n) is 23.4. The monoisotopic (exact) mass is 548 g/mol. The Labute approximate surface area is 240 Å². The van der Waals surface area contributed by atoms with E-state index in [2.05, 4.69) is 34.1 Å². The third kappa shape index (κ3) is 6.58. The minimum atomic E-state index is -0.761. The van der Waals surface area contributed by atoms with Crippen molar-refractivity contribution < 1.29 is 14.7 Å². The van der Waals surface area contributed by atoms with Crippen molar-refractivity contribution in [3.8, 4) is 5.75 Å². The third-order valence-corrected chi connectivity index (χ3v) is 7.62. The van der Waals surface area contributed by atoms with Crippen LogP contribution < -0.4 is 21.7 Å². The molecule has 4 aromatic carbocycles. The van der Waals surface area contributed by atoms with Crippen LogP contribution in [0.3, 0.4) is 0 Å². The lowest BCUT2D eigenvalue weighted by molar-refractivity contribution is -0.123. The molecule has 5 rings (SSSR count). The molecule has 0 saturated heterocycles. The molecule has 6 N–H and O–H groups in total. The van der Waals surface area contributed by atoms with Crippen molar-refractivity contribution in [1.29, 1.82) is 0 Å². The van der Waals surface area contributed by atoms with Gasteiger partial charge in [0.1, 0.15) is 5.75 Å². The number of rotatable bonds is 8. The quantitative estimate of drug-likeness (QED) is 0.202. The van der Waals surface area contributed by atoms with Crippen molar-refractivity contribution in [2.24, 2.45) is 5.73 Å². The number of phenols is 1. The molecule has 0 aromatic heterocycles. The topological polar surface area (TPSA) is 116 Å². The van der Waals surface area contributed by atoms with Gasteiger partial charge in [-0.05, 0) is 96.8 Å². The highest BCUT2D eigenvalue weighted by atomic mass is 16.3. The first-order valence-electron chi connectivity index (χ1n) is 13.9. The number of para-hydroxylation sites is 1. The third-order valence-electron chi connectivity index (χ3n) is 7.62. The van der Waals surface area contributed by atoms with Crippen LogP contribution >= 0.6 is 0 Å². The van der Waals surface area contributed by atoms with Crippen LogP contribution in [0.5, 0.6) is 5.75 Å². The maximum atomic E-state index is 13.5. The largest absolute Gasteiger partial charge is 0.508 e. The van der Waals surface area contributed by atoms with Crippen molar-refractivity contribution in [2.75, 3.05) is 17.2 Å². The van der Waals surface area contributed by atoms with Crippen molar-refractivity contribution >= 4 is 23.2 Å². The van der Waals surface area contributed by atoms with Crippen LogP contribution in [-0.2, 0) is 17.6 Å². The van der Waals surface area contributed by atoms with Crippen LogP contribution in [-0.4, -0.2) is 29.5 Å². The summed E-state index contributed by atoms with van der Waals surface area (Å²) in [5, 5.41) is 19.5. The highest BCUT2D eigenvalue weighted by Crippen LogP contribution is 2.35. The highest BCUT2D eigenvalue weighted by molar-refractivity contribution is 6.09. The Balaban J connectivity index is 1.43. The summed E-state index contributed by atoms with van der Waals surface area (Å²) < 4.78 is 0. The standard InChI is InChI=1S/C34H36N4O3/c1-21-15-26(39)16-22(2)27(21)20-30(35)34(41)38-31-13-14-36-32-28(31)18-24(17-23-9-5-3-6-10-23)19-29(32)33(40)37-25-11-7-4-8-12-25/h3-12,15-16,18-19,30-31,36,39H,13-14,17,20,35H2,1-2H3,(H,37,40)(H,38,41). The van der Waals surface area contributed by atoms with Gasteiger partial charge in [0.25, 0.3) is 5.91 Å². The fraction of sp³-hybridized carbons (Fsp3) is 0.235. The van der Waals surface area contributed by atoms with E-state index in [1.807, 2.05) is 68.4 Å². The van der Waals surface area contributed by atoms with Gasteiger partial charge in [0.15, 0.2) is 0 Å². The van der Waals surface area contributed by atoms with Crippen molar-refractivity contribution in [3.05, 3.63) is 124 Å². The molecule has 0 saturated carbocycles. The molecule has 0 aliphatic carbocycles. The number of aromatic hydroxyl groups is 1. The molecular weight excluding hydrogens is 512 g/mol. The van der Waals surface area contributed by atoms with Gasteiger partial charge in [-0.3, -0.25) is 9.59 Å². The number of benzene rings is 4. The predicted molar refractivity (Wildman–Crippen MR) is 163 cm³/mol. The van der Waals surface area contributed by atoms with E-state index < -0.39 is 6.04 Å². The molecule has 7 nitrogen and oxygen atoms in total. The molecule has 2 atom stereocenters. The average Bonchev–Trinajstić information content (AvgIpc) is 2.95. The summed E-state index contributed by atoms with van der Waals surface area (Å²) in [6, 6.07) is 25.8. The zero-order valence-corrected chi connectivity index (χ0v) is 23.4. The van der Waals surface area contributed by atoms with Crippen LogP contribution in [0.15, 0.2) is 84.9 Å². The maximum Gasteiger partial charge on any atom is 0.257 e. The van der Waals surface area contributed by atoms with E-state index >= 15 is 0 Å². The number of hydrogen-bond acceptors (Lipinski definition) is 5. The Kier molecular flexibility index (Phi) is 8.36. The van der Waals surface area contributed by atoms with E-state index in [0.29, 0.717) is 37.1 Å². The number of anilines is 2. The van der Waals surface area contributed by atoms with Crippen LogP contribution in [0, 0.1) is 13.8 Å². The summed E-state index contributed by atoms with van der Waals surface area (Å²) >= 11 is 0. The number of amides is 2. The van der Waals surface area contributed by atoms with Gasteiger partial charge in [-0.15, -0.1) is 0 Å². The number of carbonyl (C=O) groups excluding carboxylic acids is 2. The molecule has 2 unspecified atom stereocenters. The molecule has 2 amide bonds. The summed E-state index contributed by atoms with van der Waals surface area (Å²) in [6.45, 7) is 4.42. The summed E-state index contributed by atoms with van der Waals surface area (Å²) in [5.74, 6) is -0.262. The van der Waals surface area contributed by atoms with Gasteiger partial charge < -0.3 is 26.8 Å². The highest BCUT2D eigenvalue weighted by Gasteiger charge is 2.28. The smallest absolute Gasteiger partial charge is 0.257 e. The number of aryl methyl sites for hydroxylation is 2. The average molecular weight is 549 g/mol. The second kappa shape index (κ2) is 12.3. The molecule has 1 aliphatic heterocycles. The first kappa shape index (κ1) is 27.9. The first-order chi connectivity index (χ1) is 19.8. The molecule has 0 spiro atoms. The van der Waals surface area contributed by atoms with Crippen molar-refractivity contribution in [1.82, 2.24) is 5.32 Å². The Morgan fingerprint density at radius 3 is 2.29 bits per heavy atom. The lowest BCUT2D eigenvalue weighted by atomic mass is 9.89. The van der Waals surface area contributed by atoms with E-state index in [1.54, 1.807) is 12.1 Å². The number of nitrogens with one attached hydrogen (secondary N) is 3. The van der Waals surface area contributed by atoms with Crippen LogP contribution in [0.2, 0.25) is 0 Å². The second-order valence-corrected chi connectivity index (χ2v) is 10.7. The minimum Gasteiger partial charge on any atom is -0.508 e. The molecule has 0 radical (unpaired) electrons. The van der Waals surface area contributed by atoms with E-state index in [-0.39, 0.29) is 23.6 Å². The van der Waals surface area contributed by atoms with Crippen molar-refractivity contribution in [3.63, 3.8) is 0 Å². The van der Waals surface area contributed by atoms with Crippen molar-refractivity contribution in [2.45, 2.75) is 45.2 Å². The molecular formula is C34H36N4O3. The van der Waals surface area contributed by atoms with Gasteiger partial charge in [-0.25, -0.2) is 0 Å². The van der Waals surface area contributed by atoms with Gasteiger partial charge in [0.05, 0.1) is 23.3 Å². The number of hydrogen-bond donors (Lipinski definition) is 5. The fourth-order valence-corrected chi connectivity index (χ4v) is 5.56. The second-order valence-electron chi connectivity index (χ2n) is 10.7. The van der Waals surface area contributed by atoms with Gasteiger partial charge >= 0.3 is 0 Å². The van der Waals surface area contributed by atoms with Gasteiger partial charge in [0, 0.05) is 12.2 Å². The maximum absolute atomic E-state index is 13.5. The van der Waals surface area contributed by atoms with Crippen LogP contribution in [0.1, 0.15) is 56.2 Å². The normalized spacial score (nSPS) is 14.9. The number of phenolic OH excluding ortho intramolecular Hbond substituents is 1. The Hall–Kier alpha value is -4.62. The van der Waals surface area contributed by atoms with Gasteiger partial charge in [-0.1, -0.05) is 54.6 Å².